The molecule has 4 heteroatoms. The van der Waals surface area contributed by atoms with E-state index in [0.717, 1.165) is 18.6 Å². The third-order valence-electron chi connectivity index (χ3n) is 3.18. The fraction of sp³-hybridized carbons (Fsp3) is 0.538. The molecule has 0 radical (unpaired) electrons. The molecule has 1 aromatic carbocycles. The van der Waals surface area contributed by atoms with Crippen LogP contribution < -0.4 is 0 Å². The summed E-state index contributed by atoms with van der Waals surface area (Å²) >= 11 is 3.58. The Hall–Kier alpha value is -0.420. The summed E-state index contributed by atoms with van der Waals surface area (Å²) in [5.41, 5.74) is 1.07. The summed E-state index contributed by atoms with van der Waals surface area (Å²) in [5, 5.41) is 0. The molecule has 0 aromatic heterocycles. The fourth-order valence-corrected chi connectivity index (χ4v) is 2.79. The number of alkyl halides is 1. The predicted octanol–water partition coefficient (Wildman–Crippen LogP) is 2.65. The molecular weight excluding hydrogens is 284 g/mol. The van der Waals surface area contributed by atoms with Crippen LogP contribution in [0.3, 0.4) is 0 Å². The van der Waals surface area contributed by atoms with Gasteiger partial charge in [-0.05, 0) is 6.42 Å². The standard InChI is InChI=1S/C13H15BrO3/c14-10-6-11-12(15-7-10)8-16-13(17-11)9-4-2-1-3-5-9/h1-5,10-13H,6-8H2. The van der Waals surface area contributed by atoms with E-state index in [1.54, 1.807) is 0 Å². The maximum absolute atomic E-state index is 5.97. The molecule has 0 amide bonds. The van der Waals surface area contributed by atoms with Crippen LogP contribution in [-0.4, -0.2) is 30.2 Å². The Balaban J connectivity index is 1.70. The van der Waals surface area contributed by atoms with Gasteiger partial charge in [0.2, 0.25) is 0 Å². The molecule has 3 rings (SSSR count). The van der Waals surface area contributed by atoms with Gasteiger partial charge in [0.05, 0.1) is 19.3 Å². The Kier molecular flexibility index (Phi) is 3.47. The molecular formula is C13H15BrO3. The first-order valence-corrected chi connectivity index (χ1v) is 6.82. The lowest BCUT2D eigenvalue weighted by atomic mass is 10.0. The second kappa shape index (κ2) is 5.06. The topological polar surface area (TPSA) is 27.7 Å². The number of benzene rings is 1. The van der Waals surface area contributed by atoms with Crippen molar-refractivity contribution in [3.05, 3.63) is 35.9 Å². The number of fused-ring (bicyclic) bond motifs is 1. The molecule has 0 aliphatic carbocycles. The molecule has 0 bridgehead atoms. The van der Waals surface area contributed by atoms with Crippen LogP contribution in [0.2, 0.25) is 0 Å². The minimum atomic E-state index is -0.251. The smallest absolute Gasteiger partial charge is 0.184 e. The van der Waals surface area contributed by atoms with Gasteiger partial charge in [0.1, 0.15) is 6.10 Å². The highest BCUT2D eigenvalue weighted by Gasteiger charge is 2.37. The van der Waals surface area contributed by atoms with Gasteiger partial charge < -0.3 is 14.2 Å². The summed E-state index contributed by atoms with van der Waals surface area (Å²) in [6.45, 7) is 1.35. The number of halogens is 1. The van der Waals surface area contributed by atoms with E-state index in [1.807, 2.05) is 30.3 Å². The van der Waals surface area contributed by atoms with Crippen LogP contribution in [0, 0.1) is 0 Å². The first kappa shape index (κ1) is 11.7. The van der Waals surface area contributed by atoms with Gasteiger partial charge in [-0.25, -0.2) is 0 Å². The molecule has 4 unspecified atom stereocenters. The third-order valence-corrected chi connectivity index (χ3v) is 3.81. The zero-order chi connectivity index (χ0) is 11.7. The quantitative estimate of drug-likeness (QED) is 0.746. The monoisotopic (exact) mass is 298 g/mol. The van der Waals surface area contributed by atoms with Gasteiger partial charge in [0.15, 0.2) is 6.29 Å². The Morgan fingerprint density at radius 1 is 1.00 bits per heavy atom. The summed E-state index contributed by atoms with van der Waals surface area (Å²) in [7, 11) is 0. The summed E-state index contributed by atoms with van der Waals surface area (Å²) in [4.78, 5) is 0.387. The van der Waals surface area contributed by atoms with Gasteiger partial charge in [-0.3, -0.25) is 0 Å². The maximum atomic E-state index is 5.97. The van der Waals surface area contributed by atoms with E-state index < -0.39 is 0 Å². The van der Waals surface area contributed by atoms with Gasteiger partial charge in [0, 0.05) is 10.4 Å². The van der Waals surface area contributed by atoms with Crippen molar-refractivity contribution in [2.75, 3.05) is 13.2 Å². The average Bonchev–Trinajstić information content (AvgIpc) is 2.39. The van der Waals surface area contributed by atoms with Crippen molar-refractivity contribution in [1.82, 2.24) is 0 Å². The van der Waals surface area contributed by atoms with Gasteiger partial charge >= 0.3 is 0 Å². The van der Waals surface area contributed by atoms with Gasteiger partial charge in [-0.15, -0.1) is 0 Å². The van der Waals surface area contributed by atoms with Crippen LogP contribution >= 0.6 is 15.9 Å². The largest absolute Gasteiger partial charge is 0.372 e. The predicted molar refractivity (Wildman–Crippen MR) is 67.1 cm³/mol. The number of ether oxygens (including phenoxy) is 3. The van der Waals surface area contributed by atoms with Crippen molar-refractivity contribution in [2.24, 2.45) is 0 Å². The van der Waals surface area contributed by atoms with Gasteiger partial charge in [-0.2, -0.15) is 0 Å². The Bertz CT molecular complexity index is 370. The molecule has 3 nitrogen and oxygen atoms in total. The normalized spacial score (nSPS) is 37.5. The lowest BCUT2D eigenvalue weighted by molar-refractivity contribution is -0.276. The Morgan fingerprint density at radius 3 is 2.65 bits per heavy atom. The first-order valence-electron chi connectivity index (χ1n) is 5.90. The van der Waals surface area contributed by atoms with Crippen molar-refractivity contribution in [3.63, 3.8) is 0 Å². The van der Waals surface area contributed by atoms with E-state index in [-0.39, 0.29) is 18.5 Å². The Labute approximate surface area is 109 Å². The van der Waals surface area contributed by atoms with Crippen LogP contribution in [-0.2, 0) is 14.2 Å². The third kappa shape index (κ3) is 2.55. The molecule has 17 heavy (non-hydrogen) atoms. The van der Waals surface area contributed by atoms with Crippen LogP contribution in [0.4, 0.5) is 0 Å². The average molecular weight is 299 g/mol. The summed E-state index contributed by atoms with van der Waals surface area (Å²) < 4.78 is 17.4. The van der Waals surface area contributed by atoms with E-state index in [2.05, 4.69) is 15.9 Å². The summed E-state index contributed by atoms with van der Waals surface area (Å²) in [6, 6.07) is 10.0. The summed E-state index contributed by atoms with van der Waals surface area (Å²) in [5.74, 6) is 0. The lowest BCUT2D eigenvalue weighted by Crippen LogP contribution is -2.47. The highest BCUT2D eigenvalue weighted by atomic mass is 79.9. The lowest BCUT2D eigenvalue weighted by Gasteiger charge is -2.40. The maximum Gasteiger partial charge on any atom is 0.184 e. The van der Waals surface area contributed by atoms with Crippen LogP contribution in [0.25, 0.3) is 0 Å². The molecule has 2 saturated heterocycles. The van der Waals surface area contributed by atoms with Crippen LogP contribution in [0.15, 0.2) is 30.3 Å². The minimum absolute atomic E-state index is 0.0868. The highest BCUT2D eigenvalue weighted by Crippen LogP contribution is 2.33. The zero-order valence-electron chi connectivity index (χ0n) is 9.42. The minimum Gasteiger partial charge on any atom is -0.372 e. The molecule has 92 valence electrons. The number of hydrogen-bond acceptors (Lipinski definition) is 3. The van der Waals surface area contributed by atoms with Crippen molar-refractivity contribution in [2.45, 2.75) is 29.7 Å². The molecule has 0 spiro atoms. The van der Waals surface area contributed by atoms with E-state index in [9.17, 15) is 0 Å². The zero-order valence-corrected chi connectivity index (χ0v) is 11.0. The van der Waals surface area contributed by atoms with Crippen molar-refractivity contribution in [1.29, 1.82) is 0 Å². The van der Waals surface area contributed by atoms with E-state index in [1.165, 1.54) is 0 Å². The molecule has 2 heterocycles. The van der Waals surface area contributed by atoms with Gasteiger partial charge in [0.25, 0.3) is 0 Å². The molecule has 2 fully saturated rings. The second-order valence-corrected chi connectivity index (χ2v) is 5.75. The van der Waals surface area contributed by atoms with Crippen molar-refractivity contribution < 1.29 is 14.2 Å². The SMILES string of the molecule is BrC1COC2COC(c3ccccc3)OC2C1. The number of rotatable bonds is 1. The highest BCUT2D eigenvalue weighted by molar-refractivity contribution is 9.09. The fourth-order valence-electron chi connectivity index (χ4n) is 2.27. The Morgan fingerprint density at radius 2 is 1.82 bits per heavy atom. The van der Waals surface area contributed by atoms with E-state index in [4.69, 9.17) is 14.2 Å². The first-order chi connectivity index (χ1) is 8.33. The van der Waals surface area contributed by atoms with E-state index in [0.29, 0.717) is 11.4 Å². The summed E-state index contributed by atoms with van der Waals surface area (Å²) in [6.07, 6.45) is 0.951. The molecule has 0 N–H and O–H groups in total. The molecule has 2 aliphatic rings. The molecule has 4 atom stereocenters. The molecule has 0 saturated carbocycles. The van der Waals surface area contributed by atoms with E-state index >= 15 is 0 Å². The van der Waals surface area contributed by atoms with Crippen LogP contribution in [0.5, 0.6) is 0 Å². The molecule has 1 aromatic rings. The van der Waals surface area contributed by atoms with Crippen LogP contribution in [0.1, 0.15) is 18.3 Å². The van der Waals surface area contributed by atoms with Crippen molar-refractivity contribution in [3.8, 4) is 0 Å². The second-order valence-electron chi connectivity index (χ2n) is 4.46. The molecule has 2 aliphatic heterocycles. The number of hydrogen-bond donors (Lipinski definition) is 0. The van der Waals surface area contributed by atoms with Crippen molar-refractivity contribution >= 4 is 15.9 Å². The van der Waals surface area contributed by atoms with Gasteiger partial charge in [-0.1, -0.05) is 46.3 Å².